The number of nitrogens with zero attached hydrogens (tertiary/aromatic N) is 2. The average Bonchev–Trinajstić information content (AvgIpc) is 3.54. The van der Waals surface area contributed by atoms with Gasteiger partial charge in [-0.1, -0.05) is 12.1 Å². The summed E-state index contributed by atoms with van der Waals surface area (Å²) in [6.45, 7) is 3.90. The normalized spacial score (nSPS) is 12.8. The van der Waals surface area contributed by atoms with Crippen LogP contribution in [0, 0.1) is 12.7 Å². The first kappa shape index (κ1) is 24.5. The highest BCUT2D eigenvalue weighted by atomic mass is 32.1. The number of nitrogens with one attached hydrogen (secondary N) is 1. The van der Waals surface area contributed by atoms with Gasteiger partial charge in [-0.3, -0.25) is 4.79 Å². The Morgan fingerprint density at radius 3 is 2.57 bits per heavy atom. The van der Waals surface area contributed by atoms with Crippen LogP contribution in [0.4, 0.5) is 4.39 Å². The van der Waals surface area contributed by atoms with Gasteiger partial charge in [-0.15, -0.1) is 11.3 Å². The largest absolute Gasteiger partial charge is 0.497 e. The second kappa shape index (κ2) is 10.4. The Bertz CT molecular complexity index is 1540. The molecule has 8 heteroatoms. The van der Waals surface area contributed by atoms with Crippen LogP contribution in [0.5, 0.6) is 11.5 Å². The van der Waals surface area contributed by atoms with Gasteiger partial charge in [0, 0.05) is 10.3 Å². The van der Waals surface area contributed by atoms with Crippen molar-refractivity contribution in [2.45, 2.75) is 26.0 Å². The van der Waals surface area contributed by atoms with Crippen LogP contribution < -0.4 is 14.8 Å². The lowest BCUT2D eigenvalue weighted by atomic mass is 10.0. The van der Waals surface area contributed by atoms with Crippen LogP contribution in [0.1, 0.15) is 33.1 Å². The quantitative estimate of drug-likeness (QED) is 0.257. The Morgan fingerprint density at radius 1 is 1.03 bits per heavy atom. The Balaban J connectivity index is 1.44. The summed E-state index contributed by atoms with van der Waals surface area (Å²) in [7, 11) is 1.62. The first-order valence-corrected chi connectivity index (χ1v) is 12.6. The number of methoxy groups -OCH3 is 1. The number of rotatable bonds is 8. The predicted octanol–water partition coefficient (Wildman–Crippen LogP) is 6.48. The van der Waals surface area contributed by atoms with Gasteiger partial charge >= 0.3 is 0 Å². The zero-order valence-electron chi connectivity index (χ0n) is 20.6. The number of thiophene rings is 1. The molecule has 0 bridgehead atoms. The first-order chi connectivity index (χ1) is 17.9. The molecule has 0 aliphatic carbocycles. The van der Waals surface area contributed by atoms with Crippen molar-refractivity contribution in [1.82, 2.24) is 15.1 Å². The van der Waals surface area contributed by atoms with Crippen molar-refractivity contribution in [3.05, 3.63) is 106 Å². The summed E-state index contributed by atoms with van der Waals surface area (Å²) in [6.07, 6.45) is 1.26. The fraction of sp³-hybridized carbons (Fsp3) is 0.172. The SMILES string of the molecule is COc1cccc(C(Oc2ccc3c(cnn3-c3ccc(F)cc3)c2)C(C)NC(=O)c2ccc(C)s2)c1. The highest BCUT2D eigenvalue weighted by molar-refractivity contribution is 7.13. The molecule has 0 fully saturated rings. The number of carbonyl (C=O) groups is 1. The van der Waals surface area contributed by atoms with Crippen LogP contribution in [-0.2, 0) is 0 Å². The minimum atomic E-state index is -0.482. The molecular weight excluding hydrogens is 489 g/mol. The molecule has 2 unspecified atom stereocenters. The van der Waals surface area contributed by atoms with Crippen LogP contribution in [0.25, 0.3) is 16.6 Å². The molecule has 0 saturated heterocycles. The van der Waals surface area contributed by atoms with Gasteiger partial charge in [0.2, 0.25) is 0 Å². The van der Waals surface area contributed by atoms with Gasteiger partial charge in [-0.2, -0.15) is 5.10 Å². The summed E-state index contributed by atoms with van der Waals surface area (Å²) < 4.78 is 27.0. The van der Waals surface area contributed by atoms with E-state index in [2.05, 4.69) is 10.4 Å². The molecule has 6 nitrogen and oxygen atoms in total. The van der Waals surface area contributed by atoms with E-state index in [1.807, 2.05) is 68.4 Å². The summed E-state index contributed by atoms with van der Waals surface area (Å²) >= 11 is 1.46. The van der Waals surface area contributed by atoms with Gasteiger partial charge in [0.25, 0.3) is 5.91 Å². The highest BCUT2D eigenvalue weighted by Crippen LogP contribution is 2.30. The van der Waals surface area contributed by atoms with Crippen molar-refractivity contribution in [3.8, 4) is 17.2 Å². The van der Waals surface area contributed by atoms with Crippen LogP contribution in [0.15, 0.2) is 85.1 Å². The number of halogens is 1. The number of hydrogen-bond donors (Lipinski definition) is 1. The van der Waals surface area contributed by atoms with Gasteiger partial charge < -0.3 is 14.8 Å². The van der Waals surface area contributed by atoms with E-state index in [0.29, 0.717) is 16.4 Å². The molecule has 0 spiro atoms. The summed E-state index contributed by atoms with van der Waals surface area (Å²) in [4.78, 5) is 14.6. The third-order valence-electron chi connectivity index (χ3n) is 6.07. The summed E-state index contributed by atoms with van der Waals surface area (Å²) in [5.74, 6) is 0.898. The number of carbonyl (C=O) groups excluding carboxylic acids is 1. The molecule has 2 heterocycles. The highest BCUT2D eigenvalue weighted by Gasteiger charge is 2.25. The molecule has 0 saturated carbocycles. The first-order valence-electron chi connectivity index (χ1n) is 11.8. The van der Waals surface area contributed by atoms with Crippen molar-refractivity contribution >= 4 is 28.1 Å². The molecule has 188 valence electrons. The van der Waals surface area contributed by atoms with E-state index in [1.165, 1.54) is 23.5 Å². The Morgan fingerprint density at radius 2 is 1.84 bits per heavy atom. The lowest BCUT2D eigenvalue weighted by Crippen LogP contribution is -2.39. The maximum atomic E-state index is 13.4. The number of benzene rings is 3. The molecule has 0 radical (unpaired) electrons. The number of aromatic nitrogens is 2. The van der Waals surface area contributed by atoms with Crippen molar-refractivity contribution in [2.24, 2.45) is 0 Å². The monoisotopic (exact) mass is 515 g/mol. The molecule has 5 aromatic rings. The maximum absolute atomic E-state index is 13.4. The second-order valence-electron chi connectivity index (χ2n) is 8.74. The molecule has 2 aromatic heterocycles. The Labute approximate surface area is 218 Å². The smallest absolute Gasteiger partial charge is 0.261 e. The Hall–Kier alpha value is -4.17. The van der Waals surface area contributed by atoms with Gasteiger partial charge in [0.1, 0.15) is 23.4 Å². The number of ether oxygens (including phenoxy) is 2. The number of aryl methyl sites for hydroxylation is 1. The summed E-state index contributed by atoms with van der Waals surface area (Å²) in [5, 5.41) is 8.44. The molecule has 2 atom stereocenters. The fourth-order valence-electron chi connectivity index (χ4n) is 4.21. The minimum absolute atomic E-state index is 0.141. The van der Waals surface area contributed by atoms with E-state index >= 15 is 0 Å². The van der Waals surface area contributed by atoms with Gasteiger partial charge in [-0.25, -0.2) is 9.07 Å². The molecular formula is C29H26FN3O3S. The Kier molecular flexibility index (Phi) is 6.92. The van der Waals surface area contributed by atoms with E-state index in [-0.39, 0.29) is 17.8 Å². The topological polar surface area (TPSA) is 65.4 Å². The van der Waals surface area contributed by atoms with E-state index in [1.54, 1.807) is 30.1 Å². The number of fused-ring (bicyclic) bond motifs is 1. The van der Waals surface area contributed by atoms with E-state index in [9.17, 15) is 9.18 Å². The maximum Gasteiger partial charge on any atom is 0.261 e. The van der Waals surface area contributed by atoms with Gasteiger partial charge in [0.15, 0.2) is 0 Å². The van der Waals surface area contributed by atoms with Crippen molar-refractivity contribution in [2.75, 3.05) is 7.11 Å². The van der Waals surface area contributed by atoms with Gasteiger partial charge in [0.05, 0.1) is 35.4 Å². The zero-order chi connectivity index (χ0) is 25.9. The minimum Gasteiger partial charge on any atom is -0.497 e. The van der Waals surface area contributed by atoms with E-state index in [4.69, 9.17) is 9.47 Å². The standard InChI is InChI=1S/C29H26FN3O3S/c1-18-7-14-27(37-18)29(34)32-19(2)28(20-5-4-6-24(15-20)35-3)36-25-12-13-26-21(16-25)17-31-33(26)23-10-8-22(30)9-11-23/h4-17,19,28H,1-3H3,(H,32,34). The molecule has 5 rings (SSSR count). The summed E-state index contributed by atoms with van der Waals surface area (Å²) in [6, 6.07) is 22.9. The predicted molar refractivity (Wildman–Crippen MR) is 143 cm³/mol. The second-order valence-corrected chi connectivity index (χ2v) is 10.0. The van der Waals surface area contributed by atoms with Crippen LogP contribution >= 0.6 is 11.3 Å². The third kappa shape index (κ3) is 5.34. The van der Waals surface area contributed by atoms with Crippen molar-refractivity contribution in [3.63, 3.8) is 0 Å². The van der Waals surface area contributed by atoms with E-state index < -0.39 is 6.10 Å². The summed E-state index contributed by atoms with van der Waals surface area (Å²) in [5.41, 5.74) is 2.50. The molecule has 1 N–H and O–H groups in total. The third-order valence-corrected chi connectivity index (χ3v) is 7.07. The lowest BCUT2D eigenvalue weighted by molar-refractivity contribution is 0.0886. The van der Waals surface area contributed by atoms with E-state index in [0.717, 1.165) is 27.0 Å². The molecule has 37 heavy (non-hydrogen) atoms. The van der Waals surface area contributed by atoms with Crippen LogP contribution in [0.3, 0.4) is 0 Å². The molecule has 3 aromatic carbocycles. The number of hydrogen-bond acceptors (Lipinski definition) is 5. The lowest BCUT2D eigenvalue weighted by Gasteiger charge is -2.27. The molecule has 0 aliphatic rings. The van der Waals surface area contributed by atoms with Gasteiger partial charge in [-0.05, 0) is 86.1 Å². The average molecular weight is 516 g/mol. The zero-order valence-corrected chi connectivity index (χ0v) is 21.5. The fourth-order valence-corrected chi connectivity index (χ4v) is 4.98. The van der Waals surface area contributed by atoms with Crippen LogP contribution in [-0.4, -0.2) is 28.8 Å². The van der Waals surface area contributed by atoms with Crippen LogP contribution in [0.2, 0.25) is 0 Å². The van der Waals surface area contributed by atoms with Crippen molar-refractivity contribution in [1.29, 1.82) is 0 Å². The number of amides is 1. The molecule has 1 amide bonds. The van der Waals surface area contributed by atoms with Crippen molar-refractivity contribution < 1.29 is 18.7 Å². The molecule has 0 aliphatic heterocycles.